The first-order valence-corrected chi connectivity index (χ1v) is 9.37. The second-order valence-electron chi connectivity index (χ2n) is 3.93. The average Bonchev–Trinajstić information content (AvgIpc) is 2.38. The second-order valence-corrected chi connectivity index (χ2v) is 6.21. The van der Waals surface area contributed by atoms with Crippen molar-refractivity contribution in [1.29, 1.82) is 0 Å². The van der Waals surface area contributed by atoms with Gasteiger partial charge in [-0.3, -0.25) is 0 Å². The number of carboxylic acid groups (broad SMARTS) is 1. The van der Waals surface area contributed by atoms with Crippen LogP contribution in [0.1, 0.15) is 39.5 Å². The minimum atomic E-state index is -1.26. The summed E-state index contributed by atoms with van der Waals surface area (Å²) in [5.41, 5.74) is -1.26. The Balaban J connectivity index is 0. The molecule has 0 aromatic heterocycles. The molecule has 0 aromatic rings. The van der Waals surface area contributed by atoms with Crippen LogP contribution in [-0.2, 0) is 4.79 Å². The van der Waals surface area contributed by atoms with E-state index in [2.05, 4.69) is 20.4 Å². The SMILES string of the molecule is C=C[CH2][Sn].CCCCC(CC)CSC(O)C(=O)O. The Bertz CT molecular complexity index is 212. The molecule has 0 amide bonds. The standard InChI is InChI=1S/C10H20O3S.C3H5.Sn/c1-3-5-6-8(4-2)7-14-10(13)9(11)12;1-3-2;/h8,10,13H,3-7H2,1-2H3,(H,11,12);3H,1-2H2;. The van der Waals surface area contributed by atoms with Gasteiger partial charge < -0.3 is 10.2 Å². The first-order valence-electron chi connectivity index (χ1n) is 6.31. The molecule has 2 atom stereocenters. The minimum Gasteiger partial charge on any atom is -0.479 e. The van der Waals surface area contributed by atoms with E-state index in [1.807, 2.05) is 6.08 Å². The molecule has 2 unspecified atom stereocenters. The van der Waals surface area contributed by atoms with Crippen molar-refractivity contribution < 1.29 is 15.0 Å². The van der Waals surface area contributed by atoms with Gasteiger partial charge in [-0.1, -0.05) is 33.1 Å². The molecule has 0 aliphatic rings. The fraction of sp³-hybridized carbons (Fsp3) is 0.769. The number of rotatable bonds is 9. The summed E-state index contributed by atoms with van der Waals surface area (Å²) < 4.78 is 1.17. The molecular formula is C13H25O3SSn. The maximum absolute atomic E-state index is 10.3. The van der Waals surface area contributed by atoms with Crippen molar-refractivity contribution in [2.75, 3.05) is 5.75 Å². The number of aliphatic carboxylic acids is 1. The average molecular weight is 380 g/mol. The van der Waals surface area contributed by atoms with Gasteiger partial charge in [0.05, 0.1) is 0 Å². The quantitative estimate of drug-likeness (QED) is 0.367. The van der Waals surface area contributed by atoms with E-state index in [9.17, 15) is 4.79 Å². The largest absolute Gasteiger partial charge is 0.479 e. The second kappa shape index (κ2) is 15.4. The third-order valence-corrected chi connectivity index (χ3v) is 4.39. The molecule has 0 saturated heterocycles. The first-order chi connectivity index (χ1) is 8.53. The van der Waals surface area contributed by atoms with Crippen molar-refractivity contribution in [3.8, 4) is 0 Å². The molecule has 105 valence electrons. The van der Waals surface area contributed by atoms with Gasteiger partial charge in [-0.25, -0.2) is 4.79 Å². The molecule has 0 rings (SSSR count). The fourth-order valence-corrected chi connectivity index (χ4v) is 2.20. The molecule has 3 nitrogen and oxygen atoms in total. The molecule has 5 heteroatoms. The Hall–Kier alpha value is 0.319. The van der Waals surface area contributed by atoms with Crippen LogP contribution in [-0.4, -0.2) is 49.9 Å². The van der Waals surface area contributed by atoms with E-state index in [0.29, 0.717) is 5.92 Å². The monoisotopic (exact) mass is 381 g/mol. The summed E-state index contributed by atoms with van der Waals surface area (Å²) in [6.45, 7) is 7.75. The zero-order chi connectivity index (χ0) is 14.4. The summed E-state index contributed by atoms with van der Waals surface area (Å²) in [6.07, 6.45) is 6.45. The van der Waals surface area contributed by atoms with Crippen molar-refractivity contribution in [3.05, 3.63) is 12.7 Å². The fourth-order valence-electron chi connectivity index (χ4n) is 1.20. The van der Waals surface area contributed by atoms with E-state index in [-0.39, 0.29) is 0 Å². The molecule has 0 bridgehead atoms. The number of hydrogen-bond acceptors (Lipinski definition) is 3. The van der Waals surface area contributed by atoms with Crippen LogP contribution in [0.5, 0.6) is 0 Å². The van der Waals surface area contributed by atoms with Gasteiger partial charge in [-0.2, -0.15) is 0 Å². The Morgan fingerprint density at radius 3 is 2.39 bits per heavy atom. The third kappa shape index (κ3) is 14.4. The number of aliphatic hydroxyl groups excluding tert-OH is 1. The molecule has 2 N–H and O–H groups in total. The number of aliphatic hydroxyl groups is 1. The maximum Gasteiger partial charge on any atom is 0.343 e. The van der Waals surface area contributed by atoms with E-state index in [4.69, 9.17) is 10.2 Å². The van der Waals surface area contributed by atoms with Crippen molar-refractivity contribution in [2.24, 2.45) is 5.92 Å². The van der Waals surface area contributed by atoms with Crippen molar-refractivity contribution >= 4 is 40.3 Å². The number of carbonyl (C=O) groups is 1. The van der Waals surface area contributed by atoms with Crippen LogP contribution >= 0.6 is 11.8 Å². The molecule has 0 fully saturated rings. The summed E-state index contributed by atoms with van der Waals surface area (Å²) in [6, 6.07) is 0. The zero-order valence-electron chi connectivity index (χ0n) is 11.4. The Kier molecular flexibility index (Phi) is 17.6. The van der Waals surface area contributed by atoms with E-state index in [1.165, 1.54) is 17.3 Å². The van der Waals surface area contributed by atoms with Gasteiger partial charge in [-0.15, -0.1) is 11.8 Å². The summed E-state index contributed by atoms with van der Waals surface area (Å²) in [5.74, 6) is 0.138. The molecule has 0 heterocycles. The minimum absolute atomic E-state index is 0.536. The van der Waals surface area contributed by atoms with Crippen molar-refractivity contribution in [3.63, 3.8) is 0 Å². The number of allylic oxidation sites excluding steroid dienone is 1. The number of unbranched alkanes of at least 4 members (excludes halogenated alkanes) is 1. The molecule has 3 radical (unpaired) electrons. The number of carboxylic acids is 1. The smallest absolute Gasteiger partial charge is 0.343 e. The van der Waals surface area contributed by atoms with Gasteiger partial charge in [0.25, 0.3) is 0 Å². The van der Waals surface area contributed by atoms with Crippen LogP contribution in [0.25, 0.3) is 0 Å². The van der Waals surface area contributed by atoms with Crippen LogP contribution in [0.3, 0.4) is 0 Å². The predicted octanol–water partition coefficient (Wildman–Crippen LogP) is 3.10. The van der Waals surface area contributed by atoms with Gasteiger partial charge in [0.1, 0.15) is 0 Å². The van der Waals surface area contributed by atoms with Crippen LogP contribution in [0, 0.1) is 5.92 Å². The maximum atomic E-state index is 10.3. The molecule has 0 spiro atoms. The normalized spacial score (nSPS) is 13.1. The summed E-state index contributed by atoms with van der Waals surface area (Å²) in [4.78, 5) is 10.3. The third-order valence-electron chi connectivity index (χ3n) is 2.39. The van der Waals surface area contributed by atoms with Crippen LogP contribution < -0.4 is 0 Å². The molecule has 18 heavy (non-hydrogen) atoms. The van der Waals surface area contributed by atoms with E-state index in [0.717, 1.165) is 30.4 Å². The Morgan fingerprint density at radius 2 is 2.06 bits per heavy atom. The Labute approximate surface area is 129 Å². The molecule has 0 aliphatic carbocycles. The molecule has 0 saturated carbocycles. The van der Waals surface area contributed by atoms with Gasteiger partial charge in [0.15, 0.2) is 5.44 Å². The van der Waals surface area contributed by atoms with Gasteiger partial charge in [0.2, 0.25) is 0 Å². The summed E-state index contributed by atoms with van der Waals surface area (Å²) in [7, 11) is 0. The molecule has 0 aromatic carbocycles. The van der Waals surface area contributed by atoms with Crippen LogP contribution in [0.2, 0.25) is 4.44 Å². The molecule has 0 aliphatic heterocycles. The summed E-state index contributed by atoms with van der Waals surface area (Å²) in [5, 5.41) is 17.5. The van der Waals surface area contributed by atoms with Crippen molar-refractivity contribution in [2.45, 2.75) is 49.4 Å². The Morgan fingerprint density at radius 1 is 1.50 bits per heavy atom. The van der Waals surface area contributed by atoms with Crippen molar-refractivity contribution in [1.82, 2.24) is 0 Å². The van der Waals surface area contributed by atoms with E-state index in [1.54, 1.807) is 22.5 Å². The van der Waals surface area contributed by atoms with Gasteiger partial charge in [-0.05, 0) is 18.1 Å². The molecular weight excluding hydrogens is 355 g/mol. The topological polar surface area (TPSA) is 57.5 Å². The van der Waals surface area contributed by atoms with Crippen LogP contribution in [0.4, 0.5) is 0 Å². The predicted molar refractivity (Wildman–Crippen MR) is 80.2 cm³/mol. The summed E-state index contributed by atoms with van der Waals surface area (Å²) >= 11 is 2.67. The zero-order valence-corrected chi connectivity index (χ0v) is 15.1. The van der Waals surface area contributed by atoms with E-state index < -0.39 is 11.4 Å². The number of thioether (sulfide) groups is 1. The van der Waals surface area contributed by atoms with Gasteiger partial charge in [0, 0.05) is 0 Å². The van der Waals surface area contributed by atoms with Gasteiger partial charge >= 0.3 is 45.6 Å². The first kappa shape index (κ1) is 20.6. The van der Waals surface area contributed by atoms with E-state index >= 15 is 0 Å². The number of hydrogen-bond donors (Lipinski definition) is 2. The van der Waals surface area contributed by atoms with Crippen LogP contribution in [0.15, 0.2) is 12.7 Å².